The van der Waals surface area contributed by atoms with Crippen LogP contribution in [-0.4, -0.2) is 17.3 Å². The molecular formula is C20H24FNOS. The normalized spacial score (nSPS) is 13.2. The van der Waals surface area contributed by atoms with Gasteiger partial charge in [-0.2, -0.15) is 0 Å². The van der Waals surface area contributed by atoms with Crippen molar-refractivity contribution in [2.75, 3.05) is 6.61 Å². The Bertz CT molecular complexity index is 694. The van der Waals surface area contributed by atoms with Gasteiger partial charge >= 0.3 is 0 Å². The van der Waals surface area contributed by atoms with Crippen molar-refractivity contribution in [1.29, 1.82) is 0 Å². The van der Waals surface area contributed by atoms with Gasteiger partial charge in [0.15, 0.2) is 0 Å². The van der Waals surface area contributed by atoms with Crippen LogP contribution in [0.25, 0.3) is 0 Å². The van der Waals surface area contributed by atoms with E-state index in [1.54, 1.807) is 11.3 Å². The van der Waals surface area contributed by atoms with Crippen LogP contribution in [0.2, 0.25) is 0 Å². The quantitative estimate of drug-likeness (QED) is 0.590. The minimum Gasteiger partial charge on any atom is -0.394 e. The molecule has 128 valence electrons. The third-order valence-electron chi connectivity index (χ3n) is 3.86. The van der Waals surface area contributed by atoms with Crippen LogP contribution in [0, 0.1) is 17.7 Å². The Hall–Kier alpha value is -1.67. The molecule has 0 spiro atoms. The van der Waals surface area contributed by atoms with Crippen molar-refractivity contribution in [2.24, 2.45) is 5.73 Å². The largest absolute Gasteiger partial charge is 0.394 e. The van der Waals surface area contributed by atoms with E-state index in [1.807, 2.05) is 25.1 Å². The molecule has 2 rings (SSSR count). The number of benzene rings is 1. The molecule has 0 saturated heterocycles. The van der Waals surface area contributed by atoms with Gasteiger partial charge in [0.2, 0.25) is 0 Å². The Labute approximate surface area is 147 Å². The fraction of sp³-hybridized carbons (Fsp3) is 0.400. The molecule has 2 nitrogen and oxygen atoms in total. The highest BCUT2D eigenvalue weighted by Gasteiger charge is 2.16. The lowest BCUT2D eigenvalue weighted by atomic mass is 9.98. The van der Waals surface area contributed by atoms with E-state index in [0.717, 1.165) is 42.5 Å². The van der Waals surface area contributed by atoms with E-state index >= 15 is 0 Å². The predicted octanol–water partition coefficient (Wildman–Crippen LogP) is 3.90. The molecule has 24 heavy (non-hydrogen) atoms. The van der Waals surface area contributed by atoms with Gasteiger partial charge in [0, 0.05) is 16.8 Å². The van der Waals surface area contributed by atoms with E-state index in [0.29, 0.717) is 0 Å². The van der Waals surface area contributed by atoms with Crippen LogP contribution in [0.1, 0.15) is 41.5 Å². The van der Waals surface area contributed by atoms with Gasteiger partial charge < -0.3 is 10.8 Å². The van der Waals surface area contributed by atoms with Crippen LogP contribution in [0.5, 0.6) is 0 Å². The minimum atomic E-state index is -0.518. The summed E-state index contributed by atoms with van der Waals surface area (Å²) in [5, 5.41) is 9.18. The fourth-order valence-electron chi connectivity index (χ4n) is 2.25. The van der Waals surface area contributed by atoms with Gasteiger partial charge in [-0.15, -0.1) is 11.3 Å². The van der Waals surface area contributed by atoms with E-state index in [2.05, 4.69) is 17.9 Å². The summed E-state index contributed by atoms with van der Waals surface area (Å²) >= 11 is 1.69. The van der Waals surface area contributed by atoms with Gasteiger partial charge in [-0.3, -0.25) is 0 Å². The number of aryl methyl sites for hydroxylation is 2. The van der Waals surface area contributed by atoms with E-state index in [4.69, 9.17) is 5.73 Å². The fourth-order valence-corrected chi connectivity index (χ4v) is 3.13. The predicted molar refractivity (Wildman–Crippen MR) is 98.5 cm³/mol. The number of halogens is 1. The van der Waals surface area contributed by atoms with Crippen LogP contribution >= 0.6 is 11.3 Å². The average molecular weight is 345 g/mol. The zero-order valence-corrected chi connectivity index (χ0v) is 14.8. The number of nitrogens with two attached hydrogens (primary N) is 1. The molecule has 0 saturated carbocycles. The van der Waals surface area contributed by atoms with Crippen LogP contribution in [0.15, 0.2) is 36.4 Å². The molecule has 0 amide bonds. The Morgan fingerprint density at radius 3 is 2.62 bits per heavy atom. The van der Waals surface area contributed by atoms with Crippen molar-refractivity contribution in [3.63, 3.8) is 0 Å². The molecular weight excluding hydrogens is 321 g/mol. The molecule has 0 aliphatic rings. The molecule has 2 aromatic rings. The second-order valence-electron chi connectivity index (χ2n) is 6.36. The van der Waals surface area contributed by atoms with Crippen LogP contribution in [0.4, 0.5) is 4.39 Å². The summed E-state index contributed by atoms with van der Waals surface area (Å²) in [7, 11) is 0. The molecule has 0 fully saturated rings. The summed E-state index contributed by atoms with van der Waals surface area (Å²) in [6, 6.07) is 10.8. The molecule has 1 aromatic heterocycles. The molecule has 1 unspecified atom stereocenters. The second-order valence-corrected chi connectivity index (χ2v) is 7.53. The Balaban J connectivity index is 1.74. The van der Waals surface area contributed by atoms with Gasteiger partial charge in [-0.25, -0.2) is 4.39 Å². The second kappa shape index (κ2) is 8.98. The van der Waals surface area contributed by atoms with Gasteiger partial charge in [0.25, 0.3) is 0 Å². The third-order valence-corrected chi connectivity index (χ3v) is 4.92. The summed E-state index contributed by atoms with van der Waals surface area (Å²) in [6.07, 6.45) is 4.34. The topological polar surface area (TPSA) is 46.2 Å². The molecule has 4 heteroatoms. The minimum absolute atomic E-state index is 0.000899. The van der Waals surface area contributed by atoms with Crippen molar-refractivity contribution in [1.82, 2.24) is 0 Å². The number of aliphatic hydroxyl groups excluding tert-OH is 1. The molecule has 0 bridgehead atoms. The van der Waals surface area contributed by atoms with Crippen molar-refractivity contribution >= 4 is 11.3 Å². The van der Waals surface area contributed by atoms with E-state index in [1.165, 1.54) is 17.0 Å². The van der Waals surface area contributed by atoms with Crippen molar-refractivity contribution in [2.45, 2.75) is 44.6 Å². The summed E-state index contributed by atoms with van der Waals surface area (Å²) < 4.78 is 12.8. The van der Waals surface area contributed by atoms with Gasteiger partial charge in [-0.1, -0.05) is 24.0 Å². The maximum Gasteiger partial charge on any atom is 0.123 e. The van der Waals surface area contributed by atoms with Gasteiger partial charge in [-0.05, 0) is 62.4 Å². The first kappa shape index (κ1) is 18.7. The van der Waals surface area contributed by atoms with Gasteiger partial charge in [0.05, 0.1) is 11.5 Å². The van der Waals surface area contributed by atoms with Crippen molar-refractivity contribution in [3.05, 3.63) is 57.5 Å². The smallest absolute Gasteiger partial charge is 0.123 e. The summed E-state index contributed by atoms with van der Waals surface area (Å²) in [4.78, 5) is 2.31. The number of unbranched alkanes of at least 4 members (excludes halogenated alkanes) is 1. The zero-order chi connectivity index (χ0) is 17.4. The first-order chi connectivity index (χ1) is 11.5. The number of thiophene rings is 1. The van der Waals surface area contributed by atoms with Crippen molar-refractivity contribution in [3.8, 4) is 11.8 Å². The first-order valence-corrected chi connectivity index (χ1v) is 9.02. The van der Waals surface area contributed by atoms with Crippen LogP contribution in [-0.2, 0) is 12.8 Å². The lowest BCUT2D eigenvalue weighted by Gasteiger charge is -2.20. The summed E-state index contributed by atoms with van der Waals surface area (Å²) in [5.74, 6) is 6.21. The number of aliphatic hydroxyl groups is 1. The summed E-state index contributed by atoms with van der Waals surface area (Å²) in [5.41, 5.74) is 6.57. The van der Waals surface area contributed by atoms with E-state index < -0.39 is 5.54 Å². The maximum atomic E-state index is 12.8. The Morgan fingerprint density at radius 2 is 1.92 bits per heavy atom. The van der Waals surface area contributed by atoms with Gasteiger partial charge in [0.1, 0.15) is 5.82 Å². The highest BCUT2D eigenvalue weighted by Crippen LogP contribution is 2.19. The third kappa shape index (κ3) is 6.45. The summed E-state index contributed by atoms with van der Waals surface area (Å²) in [6.45, 7) is 1.86. The highest BCUT2D eigenvalue weighted by molar-refractivity contribution is 7.12. The van der Waals surface area contributed by atoms with Crippen molar-refractivity contribution < 1.29 is 9.50 Å². The molecule has 1 aromatic carbocycles. The standard InChI is InChI=1S/C20H24FNOS/c1-20(22,15-23)14-13-19-12-11-18(24-19)6-4-2-3-5-16-7-9-17(21)10-8-16/h7-12,23H,2-3,5,13-15,22H2,1H3. The molecule has 1 atom stereocenters. The van der Waals surface area contributed by atoms with E-state index in [9.17, 15) is 9.50 Å². The zero-order valence-electron chi connectivity index (χ0n) is 14.0. The number of rotatable bonds is 7. The highest BCUT2D eigenvalue weighted by atomic mass is 32.1. The monoisotopic (exact) mass is 345 g/mol. The lowest BCUT2D eigenvalue weighted by Crippen LogP contribution is -2.40. The first-order valence-electron chi connectivity index (χ1n) is 8.20. The average Bonchev–Trinajstić information content (AvgIpc) is 3.02. The lowest BCUT2D eigenvalue weighted by molar-refractivity contribution is 0.201. The maximum absolute atomic E-state index is 12.8. The molecule has 0 radical (unpaired) electrons. The molecule has 0 aliphatic heterocycles. The number of hydrogen-bond acceptors (Lipinski definition) is 3. The number of hydrogen-bond donors (Lipinski definition) is 2. The Morgan fingerprint density at radius 1 is 1.17 bits per heavy atom. The molecule has 3 N–H and O–H groups in total. The SMILES string of the molecule is CC(N)(CO)CCc1ccc(C#CCCCc2ccc(F)cc2)s1. The van der Waals surface area contributed by atoms with E-state index in [-0.39, 0.29) is 12.4 Å². The Kier molecular flexibility index (Phi) is 6.99. The van der Waals surface area contributed by atoms with Crippen LogP contribution in [0.3, 0.4) is 0 Å². The molecule has 0 aliphatic carbocycles. The molecule has 1 heterocycles. The van der Waals surface area contributed by atoms with Crippen LogP contribution < -0.4 is 5.73 Å².